The van der Waals surface area contributed by atoms with Crippen molar-refractivity contribution >= 4 is 39.1 Å². The minimum absolute atomic E-state index is 0.250. The number of rotatable bonds is 4. The molecule has 0 aliphatic carbocycles. The molecule has 0 aliphatic heterocycles. The van der Waals surface area contributed by atoms with Crippen LogP contribution in [0.15, 0.2) is 35.1 Å². The summed E-state index contributed by atoms with van der Waals surface area (Å²) in [4.78, 5) is 8.13. The third-order valence-corrected chi connectivity index (χ3v) is 3.81. The highest BCUT2D eigenvalue weighted by Crippen LogP contribution is 2.32. The molecular weight excluding hydrogens is 351 g/mol. The molecule has 1 aromatic heterocycles. The van der Waals surface area contributed by atoms with Gasteiger partial charge in [0.1, 0.15) is 6.33 Å². The molecule has 1 aromatic carbocycles. The lowest BCUT2D eigenvalue weighted by Gasteiger charge is -2.12. The Kier molecular flexibility index (Phi) is 5.02. The molecule has 2 rings (SSSR count). The van der Waals surface area contributed by atoms with Gasteiger partial charge in [0.25, 0.3) is 0 Å². The first-order valence-corrected chi connectivity index (χ1v) is 7.15. The van der Waals surface area contributed by atoms with Crippen molar-refractivity contribution < 1.29 is 4.74 Å². The van der Waals surface area contributed by atoms with Crippen LogP contribution >= 0.6 is 39.1 Å². The molecular formula is C13H11BrCl2N2O. The zero-order valence-corrected chi connectivity index (χ0v) is 13.2. The van der Waals surface area contributed by atoms with Crippen molar-refractivity contribution in [2.75, 3.05) is 7.11 Å². The molecule has 0 bridgehead atoms. The molecule has 0 N–H and O–H groups in total. The summed E-state index contributed by atoms with van der Waals surface area (Å²) in [5, 5.41) is 0.385. The Morgan fingerprint density at radius 3 is 2.79 bits per heavy atom. The highest BCUT2D eigenvalue weighted by atomic mass is 79.9. The quantitative estimate of drug-likeness (QED) is 0.756. The molecule has 0 saturated carbocycles. The van der Waals surface area contributed by atoms with E-state index in [0.29, 0.717) is 17.3 Å². The Morgan fingerprint density at radius 2 is 2.11 bits per heavy atom. The summed E-state index contributed by atoms with van der Waals surface area (Å²) in [6, 6.07) is 7.41. The van der Waals surface area contributed by atoms with Crippen molar-refractivity contribution in [3.05, 3.63) is 51.3 Å². The predicted octanol–water partition coefficient (Wildman–Crippen LogP) is 4.42. The Bertz CT molecular complexity index is 580. The number of alkyl halides is 1. The van der Waals surface area contributed by atoms with Crippen molar-refractivity contribution in [1.29, 1.82) is 0 Å². The van der Waals surface area contributed by atoms with Gasteiger partial charge in [0.2, 0.25) is 5.88 Å². The summed E-state index contributed by atoms with van der Waals surface area (Å²) in [7, 11) is 1.57. The third-order valence-electron chi connectivity index (χ3n) is 2.60. The molecule has 2 aromatic rings. The SMILES string of the molecule is COc1cc(CC(Cl)c2ccc(Br)cc2Cl)ncn1. The van der Waals surface area contributed by atoms with Gasteiger partial charge in [-0.05, 0) is 17.7 Å². The molecule has 1 heterocycles. The number of halogens is 3. The average Bonchev–Trinajstić information content (AvgIpc) is 2.38. The molecule has 0 aliphatic rings. The maximum absolute atomic E-state index is 6.39. The number of hydrogen-bond acceptors (Lipinski definition) is 3. The highest BCUT2D eigenvalue weighted by molar-refractivity contribution is 9.10. The van der Waals surface area contributed by atoms with Gasteiger partial charge in [-0.25, -0.2) is 9.97 Å². The summed E-state index contributed by atoms with van der Waals surface area (Å²) in [6.07, 6.45) is 2.02. The molecule has 19 heavy (non-hydrogen) atoms. The number of nitrogens with zero attached hydrogens (tertiary/aromatic N) is 2. The van der Waals surface area contributed by atoms with Crippen LogP contribution in [-0.4, -0.2) is 17.1 Å². The van der Waals surface area contributed by atoms with Crippen LogP contribution in [0, 0.1) is 0 Å². The second kappa shape index (κ2) is 6.55. The maximum atomic E-state index is 6.39. The molecule has 6 heteroatoms. The summed E-state index contributed by atoms with van der Waals surface area (Å²) >= 11 is 15.9. The fourth-order valence-corrected chi connectivity index (χ4v) is 2.86. The zero-order chi connectivity index (χ0) is 13.8. The summed E-state index contributed by atoms with van der Waals surface area (Å²) < 4.78 is 5.98. The van der Waals surface area contributed by atoms with Gasteiger partial charge < -0.3 is 4.74 Å². The summed E-state index contributed by atoms with van der Waals surface area (Å²) in [5.74, 6) is 0.524. The number of benzene rings is 1. The Morgan fingerprint density at radius 1 is 1.32 bits per heavy atom. The normalized spacial score (nSPS) is 12.2. The van der Waals surface area contributed by atoms with Gasteiger partial charge in [0, 0.05) is 27.7 Å². The first-order chi connectivity index (χ1) is 9.10. The fourth-order valence-electron chi connectivity index (χ4n) is 1.65. The lowest BCUT2D eigenvalue weighted by molar-refractivity contribution is 0.396. The number of ether oxygens (including phenoxy) is 1. The molecule has 1 unspecified atom stereocenters. The molecule has 1 atom stereocenters. The van der Waals surface area contributed by atoms with Crippen LogP contribution in [0.3, 0.4) is 0 Å². The van der Waals surface area contributed by atoms with Crippen molar-refractivity contribution in [3.63, 3.8) is 0 Å². The van der Waals surface area contributed by atoms with Gasteiger partial charge in [-0.2, -0.15) is 0 Å². The van der Waals surface area contributed by atoms with Crippen molar-refractivity contribution in [2.45, 2.75) is 11.8 Å². The Hall–Kier alpha value is -0.840. The topological polar surface area (TPSA) is 35.0 Å². The average molecular weight is 362 g/mol. The van der Waals surface area contributed by atoms with Crippen LogP contribution in [0.5, 0.6) is 5.88 Å². The standard InChI is InChI=1S/C13H11BrCl2N2O/c1-19-13-6-9(17-7-18-13)5-12(16)10-3-2-8(14)4-11(10)15/h2-4,6-7,12H,5H2,1H3. The first kappa shape index (κ1) is 14.6. The van der Waals surface area contributed by atoms with E-state index in [2.05, 4.69) is 25.9 Å². The number of methoxy groups -OCH3 is 1. The molecule has 0 amide bonds. The first-order valence-electron chi connectivity index (χ1n) is 5.54. The lowest BCUT2D eigenvalue weighted by atomic mass is 10.1. The predicted molar refractivity (Wildman–Crippen MR) is 80.0 cm³/mol. The molecule has 0 spiro atoms. The molecule has 100 valence electrons. The van der Waals surface area contributed by atoms with Gasteiger partial charge in [0.15, 0.2) is 0 Å². The van der Waals surface area contributed by atoms with E-state index in [0.717, 1.165) is 15.7 Å². The van der Waals surface area contributed by atoms with Crippen LogP contribution in [0.25, 0.3) is 0 Å². The lowest BCUT2D eigenvalue weighted by Crippen LogP contribution is -2.00. The second-order valence-corrected chi connectivity index (χ2v) is 5.74. The van der Waals surface area contributed by atoms with E-state index in [1.165, 1.54) is 6.33 Å². The molecule has 0 radical (unpaired) electrons. The van der Waals surface area contributed by atoms with Crippen LogP contribution in [-0.2, 0) is 6.42 Å². The van der Waals surface area contributed by atoms with Crippen LogP contribution in [0.1, 0.15) is 16.6 Å². The minimum atomic E-state index is -0.250. The van der Waals surface area contributed by atoms with E-state index in [1.807, 2.05) is 18.2 Å². The maximum Gasteiger partial charge on any atom is 0.216 e. The van der Waals surface area contributed by atoms with Crippen molar-refractivity contribution in [2.24, 2.45) is 0 Å². The van der Waals surface area contributed by atoms with Crippen LogP contribution < -0.4 is 4.74 Å². The van der Waals surface area contributed by atoms with Gasteiger partial charge in [-0.3, -0.25) is 0 Å². The van der Waals surface area contributed by atoms with Crippen LogP contribution in [0.4, 0.5) is 0 Å². The van der Waals surface area contributed by atoms with E-state index >= 15 is 0 Å². The van der Waals surface area contributed by atoms with Crippen molar-refractivity contribution in [3.8, 4) is 5.88 Å². The Balaban J connectivity index is 2.17. The van der Waals surface area contributed by atoms with E-state index in [-0.39, 0.29) is 5.38 Å². The monoisotopic (exact) mass is 360 g/mol. The van der Waals surface area contributed by atoms with Crippen LogP contribution in [0.2, 0.25) is 5.02 Å². The van der Waals surface area contributed by atoms with Gasteiger partial charge >= 0.3 is 0 Å². The van der Waals surface area contributed by atoms with Gasteiger partial charge in [0.05, 0.1) is 12.5 Å². The number of hydrogen-bond donors (Lipinski definition) is 0. The second-order valence-electron chi connectivity index (χ2n) is 3.89. The van der Waals surface area contributed by atoms with Gasteiger partial charge in [-0.15, -0.1) is 11.6 Å². The van der Waals surface area contributed by atoms with E-state index in [1.54, 1.807) is 13.2 Å². The summed E-state index contributed by atoms with van der Waals surface area (Å²) in [6.45, 7) is 0. The molecule has 0 fully saturated rings. The van der Waals surface area contributed by atoms with Gasteiger partial charge in [-0.1, -0.05) is 33.6 Å². The fraction of sp³-hybridized carbons (Fsp3) is 0.231. The zero-order valence-electron chi connectivity index (χ0n) is 10.1. The third kappa shape index (κ3) is 3.81. The molecule has 0 saturated heterocycles. The summed E-state index contributed by atoms with van der Waals surface area (Å²) in [5.41, 5.74) is 1.69. The minimum Gasteiger partial charge on any atom is -0.481 e. The Labute approximate surface area is 130 Å². The largest absolute Gasteiger partial charge is 0.481 e. The van der Waals surface area contributed by atoms with E-state index in [4.69, 9.17) is 27.9 Å². The van der Waals surface area contributed by atoms with E-state index in [9.17, 15) is 0 Å². The van der Waals surface area contributed by atoms with Crippen molar-refractivity contribution in [1.82, 2.24) is 9.97 Å². The van der Waals surface area contributed by atoms with E-state index < -0.39 is 0 Å². The molecule has 3 nitrogen and oxygen atoms in total. The number of aromatic nitrogens is 2. The highest BCUT2D eigenvalue weighted by Gasteiger charge is 2.14. The smallest absolute Gasteiger partial charge is 0.216 e.